The molecule has 0 aromatic carbocycles. The standard InChI is InChI=1S/C14H20Cl2O2/c1-2-3-4-5-6-7-8-14(18)9-11(15)13(17)12(16)10-14/h9-10,18H,2-8H2,1H3. The normalized spacial score (nSPS) is 18.6. The van der Waals surface area contributed by atoms with E-state index in [2.05, 4.69) is 6.92 Å². The summed E-state index contributed by atoms with van der Waals surface area (Å²) in [5.41, 5.74) is -1.16. The first kappa shape index (κ1) is 15.7. The van der Waals surface area contributed by atoms with Crippen molar-refractivity contribution in [2.75, 3.05) is 0 Å². The fourth-order valence-electron chi connectivity index (χ4n) is 2.06. The predicted molar refractivity (Wildman–Crippen MR) is 75.8 cm³/mol. The molecule has 0 radical (unpaired) electrons. The Kier molecular flexibility index (Phi) is 6.40. The highest BCUT2D eigenvalue weighted by molar-refractivity contribution is 6.55. The van der Waals surface area contributed by atoms with Gasteiger partial charge in [0.25, 0.3) is 0 Å². The average molecular weight is 291 g/mol. The summed E-state index contributed by atoms with van der Waals surface area (Å²) in [6.07, 6.45) is 10.2. The molecule has 0 saturated carbocycles. The molecule has 0 aromatic rings. The van der Waals surface area contributed by atoms with Gasteiger partial charge in [-0.2, -0.15) is 0 Å². The van der Waals surface area contributed by atoms with Crippen LogP contribution in [0, 0.1) is 0 Å². The van der Waals surface area contributed by atoms with Crippen molar-refractivity contribution in [1.29, 1.82) is 0 Å². The van der Waals surface area contributed by atoms with Crippen LogP contribution in [0.5, 0.6) is 0 Å². The van der Waals surface area contributed by atoms with E-state index in [9.17, 15) is 9.90 Å². The summed E-state index contributed by atoms with van der Waals surface area (Å²) in [6, 6.07) is 0. The minimum absolute atomic E-state index is 0.0102. The minimum Gasteiger partial charge on any atom is -0.382 e. The fraction of sp³-hybridized carbons (Fsp3) is 0.643. The second kappa shape index (κ2) is 7.32. The summed E-state index contributed by atoms with van der Waals surface area (Å²) >= 11 is 11.5. The second-order valence-electron chi connectivity index (χ2n) is 4.82. The van der Waals surface area contributed by atoms with Gasteiger partial charge in [-0.3, -0.25) is 4.79 Å². The summed E-state index contributed by atoms with van der Waals surface area (Å²) < 4.78 is 0. The first-order valence-corrected chi connectivity index (χ1v) is 7.28. The third kappa shape index (κ3) is 4.75. The molecule has 1 N–H and O–H groups in total. The topological polar surface area (TPSA) is 37.3 Å². The van der Waals surface area contributed by atoms with Crippen molar-refractivity contribution in [2.45, 2.75) is 57.5 Å². The lowest BCUT2D eigenvalue weighted by Gasteiger charge is -2.24. The largest absolute Gasteiger partial charge is 0.382 e. The lowest BCUT2D eigenvalue weighted by atomic mass is 9.91. The number of ketones is 1. The van der Waals surface area contributed by atoms with E-state index in [1.165, 1.54) is 37.8 Å². The Labute approximate surface area is 119 Å². The van der Waals surface area contributed by atoms with Gasteiger partial charge in [0.15, 0.2) is 0 Å². The molecule has 4 heteroatoms. The number of hydrogen-bond donors (Lipinski definition) is 1. The van der Waals surface area contributed by atoms with Crippen LogP contribution in [0.25, 0.3) is 0 Å². The molecule has 0 bridgehead atoms. The number of unbranched alkanes of at least 4 members (excludes halogenated alkanes) is 5. The average Bonchev–Trinajstić information content (AvgIpc) is 2.30. The molecule has 0 aliphatic heterocycles. The molecule has 0 saturated heterocycles. The Morgan fingerprint density at radius 3 is 2.11 bits per heavy atom. The van der Waals surface area contributed by atoms with Gasteiger partial charge in [0.05, 0.1) is 10.1 Å². The summed E-state index contributed by atoms with van der Waals surface area (Å²) in [5, 5.41) is 10.3. The number of carbonyl (C=O) groups excluding carboxylic acids is 1. The summed E-state index contributed by atoms with van der Waals surface area (Å²) in [7, 11) is 0. The van der Waals surface area contributed by atoms with Gasteiger partial charge < -0.3 is 5.11 Å². The third-order valence-corrected chi connectivity index (χ3v) is 3.68. The Bertz CT molecular complexity index is 337. The molecule has 0 aromatic heterocycles. The summed E-state index contributed by atoms with van der Waals surface area (Å²) in [4.78, 5) is 11.3. The van der Waals surface area contributed by atoms with E-state index in [0.717, 1.165) is 12.8 Å². The maximum atomic E-state index is 11.3. The molecule has 0 fully saturated rings. The van der Waals surface area contributed by atoms with Gasteiger partial charge in [-0.15, -0.1) is 0 Å². The van der Waals surface area contributed by atoms with E-state index in [4.69, 9.17) is 23.2 Å². The van der Waals surface area contributed by atoms with Crippen molar-refractivity contribution in [1.82, 2.24) is 0 Å². The van der Waals surface area contributed by atoms with Crippen LogP contribution in [0.4, 0.5) is 0 Å². The van der Waals surface area contributed by atoms with Crippen LogP contribution < -0.4 is 0 Å². The van der Waals surface area contributed by atoms with E-state index >= 15 is 0 Å². The second-order valence-corrected chi connectivity index (χ2v) is 5.64. The van der Waals surface area contributed by atoms with Crippen LogP contribution in [0.3, 0.4) is 0 Å². The van der Waals surface area contributed by atoms with Gasteiger partial charge in [-0.1, -0.05) is 62.2 Å². The van der Waals surface area contributed by atoms with Crippen LogP contribution in [-0.4, -0.2) is 16.5 Å². The number of carbonyl (C=O) groups is 1. The van der Waals surface area contributed by atoms with E-state index in [0.29, 0.717) is 6.42 Å². The quantitative estimate of drug-likeness (QED) is 0.710. The van der Waals surface area contributed by atoms with Gasteiger partial charge in [-0.25, -0.2) is 0 Å². The highest BCUT2D eigenvalue weighted by atomic mass is 35.5. The minimum atomic E-state index is -1.16. The maximum Gasteiger partial charge on any atom is 0.215 e. The van der Waals surface area contributed by atoms with Crippen LogP contribution >= 0.6 is 23.2 Å². The van der Waals surface area contributed by atoms with Crippen LogP contribution in [0.1, 0.15) is 51.9 Å². The first-order chi connectivity index (χ1) is 8.48. The van der Waals surface area contributed by atoms with E-state index in [1.807, 2.05) is 0 Å². The van der Waals surface area contributed by atoms with Crippen LogP contribution in [0.15, 0.2) is 22.2 Å². The lowest BCUT2D eigenvalue weighted by Crippen LogP contribution is -2.28. The van der Waals surface area contributed by atoms with Crippen molar-refractivity contribution >= 4 is 29.0 Å². The molecule has 0 amide bonds. The number of allylic oxidation sites excluding steroid dienone is 2. The highest BCUT2D eigenvalue weighted by Gasteiger charge is 2.30. The third-order valence-electron chi connectivity index (χ3n) is 3.12. The lowest BCUT2D eigenvalue weighted by molar-refractivity contribution is -0.111. The zero-order valence-electron chi connectivity index (χ0n) is 10.7. The van der Waals surface area contributed by atoms with Crippen molar-refractivity contribution in [3.05, 3.63) is 22.2 Å². The number of hydrogen-bond acceptors (Lipinski definition) is 2. The number of rotatable bonds is 7. The Morgan fingerprint density at radius 1 is 1.06 bits per heavy atom. The van der Waals surface area contributed by atoms with Gasteiger partial charge in [-0.05, 0) is 25.0 Å². The van der Waals surface area contributed by atoms with Crippen LogP contribution in [-0.2, 0) is 4.79 Å². The zero-order chi connectivity index (χ0) is 13.6. The summed E-state index contributed by atoms with van der Waals surface area (Å²) in [5.74, 6) is -0.411. The van der Waals surface area contributed by atoms with Crippen molar-refractivity contribution in [2.24, 2.45) is 0 Å². The maximum absolute atomic E-state index is 11.3. The SMILES string of the molecule is CCCCCCCCC1(O)C=C(Cl)C(=O)C(Cl)=C1. The molecule has 0 spiro atoms. The molecule has 1 aliphatic rings. The smallest absolute Gasteiger partial charge is 0.215 e. The molecular weight excluding hydrogens is 271 g/mol. The number of halogens is 2. The van der Waals surface area contributed by atoms with E-state index < -0.39 is 11.4 Å². The van der Waals surface area contributed by atoms with Gasteiger partial charge in [0.2, 0.25) is 5.78 Å². The highest BCUT2D eigenvalue weighted by Crippen LogP contribution is 2.30. The predicted octanol–water partition coefficient (Wildman–Crippen LogP) is 4.30. The summed E-state index contributed by atoms with van der Waals surface area (Å²) in [6.45, 7) is 2.18. The molecule has 1 aliphatic carbocycles. The first-order valence-electron chi connectivity index (χ1n) is 6.52. The Balaban J connectivity index is 2.39. The molecule has 2 nitrogen and oxygen atoms in total. The van der Waals surface area contributed by atoms with E-state index in [1.54, 1.807) is 0 Å². The molecule has 18 heavy (non-hydrogen) atoms. The molecule has 102 valence electrons. The number of aliphatic hydroxyl groups is 1. The number of Topliss-reactive ketones (excluding diaryl/α,β-unsaturated/α-hetero) is 1. The van der Waals surface area contributed by atoms with Crippen LogP contribution in [0.2, 0.25) is 0 Å². The molecular formula is C14H20Cl2O2. The fourth-order valence-corrected chi connectivity index (χ4v) is 2.69. The van der Waals surface area contributed by atoms with Gasteiger partial charge >= 0.3 is 0 Å². The zero-order valence-corrected chi connectivity index (χ0v) is 12.2. The Hall–Kier alpha value is -0.310. The monoisotopic (exact) mass is 290 g/mol. The van der Waals surface area contributed by atoms with Crippen molar-refractivity contribution in [3.63, 3.8) is 0 Å². The van der Waals surface area contributed by atoms with Gasteiger partial charge in [0.1, 0.15) is 5.60 Å². The Morgan fingerprint density at radius 2 is 1.56 bits per heavy atom. The molecule has 1 rings (SSSR count). The van der Waals surface area contributed by atoms with Crippen molar-refractivity contribution in [3.8, 4) is 0 Å². The molecule has 0 atom stereocenters. The molecule has 0 unspecified atom stereocenters. The van der Waals surface area contributed by atoms with E-state index in [-0.39, 0.29) is 10.1 Å². The van der Waals surface area contributed by atoms with Gasteiger partial charge in [0, 0.05) is 0 Å². The van der Waals surface area contributed by atoms with Crippen molar-refractivity contribution < 1.29 is 9.90 Å². The molecule has 0 heterocycles.